The number of benzene rings is 1. The van der Waals surface area contributed by atoms with Gasteiger partial charge in [-0.15, -0.1) is 0 Å². The third-order valence-electron chi connectivity index (χ3n) is 5.08. The van der Waals surface area contributed by atoms with Crippen molar-refractivity contribution in [3.63, 3.8) is 0 Å². The molecule has 0 spiro atoms. The molecule has 1 aliphatic rings. The van der Waals surface area contributed by atoms with Crippen molar-refractivity contribution in [2.45, 2.75) is 39.2 Å². The number of hydrogen-bond acceptors (Lipinski definition) is 2. The number of amides is 1. The van der Waals surface area contributed by atoms with Gasteiger partial charge in [-0.3, -0.25) is 4.79 Å². The van der Waals surface area contributed by atoms with Gasteiger partial charge in [0.15, 0.2) is 5.54 Å². The molecular weight excluding hydrogens is 264 g/mol. The highest BCUT2D eigenvalue weighted by Crippen LogP contribution is 2.46. The van der Waals surface area contributed by atoms with Gasteiger partial charge in [-0.2, -0.15) is 0 Å². The van der Waals surface area contributed by atoms with Crippen molar-refractivity contribution >= 4 is 11.6 Å². The summed E-state index contributed by atoms with van der Waals surface area (Å²) >= 11 is 0. The summed E-state index contributed by atoms with van der Waals surface area (Å²) in [4.78, 5) is 12.8. The van der Waals surface area contributed by atoms with Gasteiger partial charge in [0, 0.05) is 18.5 Å². The van der Waals surface area contributed by atoms with E-state index in [2.05, 4.69) is 26.3 Å². The maximum atomic E-state index is 12.8. The number of rotatable bonds is 5. The van der Waals surface area contributed by atoms with E-state index in [0.717, 1.165) is 46.4 Å². The second-order valence-corrected chi connectivity index (χ2v) is 6.62. The Morgan fingerprint density at radius 3 is 2.19 bits per heavy atom. The maximum absolute atomic E-state index is 12.8. The Labute approximate surface area is 127 Å². The molecule has 1 aliphatic carbocycles. The molecule has 1 saturated carbocycles. The number of aryl methyl sites for hydroxylation is 2. The van der Waals surface area contributed by atoms with Crippen LogP contribution in [0.25, 0.3) is 0 Å². The van der Waals surface area contributed by atoms with Gasteiger partial charge < -0.3 is 14.5 Å². The van der Waals surface area contributed by atoms with E-state index in [1.54, 1.807) is 7.11 Å². The SMILES string of the molecule is CC[N+](C)(C)C1(C(=O)Nc2c(C)cc(OC)cc2C)CC1. The van der Waals surface area contributed by atoms with Crippen molar-refractivity contribution in [1.29, 1.82) is 0 Å². The Morgan fingerprint density at radius 2 is 1.81 bits per heavy atom. The van der Waals surface area contributed by atoms with Gasteiger partial charge in [0.25, 0.3) is 5.91 Å². The molecular formula is C17H27N2O2+. The molecule has 1 amide bonds. The molecule has 0 bridgehead atoms. The monoisotopic (exact) mass is 291 g/mol. The number of quaternary nitrogens is 1. The number of carbonyl (C=O) groups is 1. The summed E-state index contributed by atoms with van der Waals surface area (Å²) in [5, 5.41) is 3.16. The first-order chi connectivity index (χ1) is 9.77. The van der Waals surface area contributed by atoms with Gasteiger partial charge in [-0.25, -0.2) is 0 Å². The van der Waals surface area contributed by atoms with Crippen LogP contribution < -0.4 is 10.1 Å². The maximum Gasteiger partial charge on any atom is 0.285 e. The second-order valence-electron chi connectivity index (χ2n) is 6.62. The Morgan fingerprint density at radius 1 is 1.29 bits per heavy atom. The summed E-state index contributed by atoms with van der Waals surface area (Å²) in [6, 6.07) is 3.92. The minimum atomic E-state index is -0.256. The number of likely N-dealkylation sites (N-methyl/N-ethyl adjacent to an activating group) is 1. The molecule has 1 N–H and O–H groups in total. The van der Waals surface area contributed by atoms with Crippen LogP contribution in [-0.2, 0) is 4.79 Å². The van der Waals surface area contributed by atoms with E-state index in [4.69, 9.17) is 4.74 Å². The summed E-state index contributed by atoms with van der Waals surface area (Å²) in [6.45, 7) is 7.10. The highest BCUT2D eigenvalue weighted by atomic mass is 16.5. The van der Waals surface area contributed by atoms with E-state index in [0.29, 0.717) is 0 Å². The number of methoxy groups -OCH3 is 1. The Kier molecular flexibility index (Phi) is 4.02. The minimum absolute atomic E-state index is 0.144. The fourth-order valence-electron chi connectivity index (χ4n) is 3.00. The molecule has 0 saturated heterocycles. The quantitative estimate of drug-likeness (QED) is 0.847. The molecule has 1 aromatic rings. The van der Waals surface area contributed by atoms with Gasteiger partial charge in [0.2, 0.25) is 0 Å². The van der Waals surface area contributed by atoms with Crippen LogP contribution in [0.15, 0.2) is 12.1 Å². The molecule has 1 fully saturated rings. The first kappa shape index (κ1) is 15.8. The second kappa shape index (κ2) is 5.34. The summed E-state index contributed by atoms with van der Waals surface area (Å²) in [5.74, 6) is 0.972. The zero-order valence-corrected chi connectivity index (χ0v) is 14.0. The number of anilines is 1. The van der Waals surface area contributed by atoms with Crippen LogP contribution in [0.4, 0.5) is 5.69 Å². The smallest absolute Gasteiger partial charge is 0.285 e. The van der Waals surface area contributed by atoms with Crippen LogP contribution in [0.3, 0.4) is 0 Å². The van der Waals surface area contributed by atoms with Crippen molar-refractivity contribution in [3.05, 3.63) is 23.3 Å². The Balaban J connectivity index is 2.25. The topological polar surface area (TPSA) is 38.3 Å². The van der Waals surface area contributed by atoms with Gasteiger partial charge in [-0.05, 0) is 44.0 Å². The number of ether oxygens (including phenoxy) is 1. The van der Waals surface area contributed by atoms with Crippen molar-refractivity contribution in [2.24, 2.45) is 0 Å². The van der Waals surface area contributed by atoms with Crippen molar-refractivity contribution in [3.8, 4) is 5.75 Å². The number of hydrogen-bond donors (Lipinski definition) is 1. The molecule has 1 aromatic carbocycles. The molecule has 21 heavy (non-hydrogen) atoms. The number of nitrogens with one attached hydrogen (secondary N) is 1. The fraction of sp³-hybridized carbons (Fsp3) is 0.588. The lowest BCUT2D eigenvalue weighted by molar-refractivity contribution is -0.914. The lowest BCUT2D eigenvalue weighted by atomic mass is 10.1. The predicted octanol–water partition coefficient (Wildman–Crippen LogP) is 2.88. The molecule has 4 heteroatoms. The van der Waals surface area contributed by atoms with Crippen LogP contribution in [0.1, 0.15) is 30.9 Å². The van der Waals surface area contributed by atoms with Crippen LogP contribution in [-0.4, -0.2) is 43.7 Å². The first-order valence-corrected chi connectivity index (χ1v) is 7.57. The standard InChI is InChI=1S/C17H26N2O2/c1-7-19(4,5)17(8-9-17)16(20)18-15-12(2)10-14(21-6)11-13(15)3/h10-11H,7-9H2,1-6H3/p+1. The highest BCUT2D eigenvalue weighted by molar-refractivity contribution is 6.00. The lowest BCUT2D eigenvalue weighted by Crippen LogP contribution is -2.56. The van der Waals surface area contributed by atoms with Gasteiger partial charge >= 0.3 is 0 Å². The zero-order valence-electron chi connectivity index (χ0n) is 14.0. The summed E-state index contributed by atoms with van der Waals surface area (Å²) in [6.07, 6.45) is 1.93. The first-order valence-electron chi connectivity index (χ1n) is 7.57. The van der Waals surface area contributed by atoms with Gasteiger partial charge in [-0.1, -0.05) is 0 Å². The average molecular weight is 291 g/mol. The van der Waals surface area contributed by atoms with Crippen molar-refractivity contribution in [1.82, 2.24) is 0 Å². The zero-order chi connectivity index (χ0) is 15.8. The fourth-order valence-corrected chi connectivity index (χ4v) is 3.00. The summed E-state index contributed by atoms with van der Waals surface area (Å²) in [7, 11) is 5.94. The van der Waals surface area contributed by atoms with E-state index < -0.39 is 0 Å². The summed E-state index contributed by atoms with van der Waals surface area (Å²) < 4.78 is 6.01. The Bertz CT molecular complexity index is 537. The number of carbonyl (C=O) groups excluding carboxylic acids is 1. The normalized spacial score (nSPS) is 16.5. The highest BCUT2D eigenvalue weighted by Gasteiger charge is 2.62. The van der Waals surface area contributed by atoms with Gasteiger partial charge in [0.1, 0.15) is 5.75 Å². The third-order valence-corrected chi connectivity index (χ3v) is 5.08. The van der Waals surface area contributed by atoms with Gasteiger partial charge in [0.05, 0.1) is 27.7 Å². The summed E-state index contributed by atoms with van der Waals surface area (Å²) in [5.41, 5.74) is 2.74. The predicted molar refractivity (Wildman–Crippen MR) is 85.7 cm³/mol. The van der Waals surface area contributed by atoms with Crippen LogP contribution >= 0.6 is 0 Å². The third kappa shape index (κ3) is 2.64. The molecule has 4 nitrogen and oxygen atoms in total. The largest absolute Gasteiger partial charge is 0.497 e. The van der Waals surface area contributed by atoms with E-state index in [1.807, 2.05) is 26.0 Å². The van der Waals surface area contributed by atoms with E-state index in [-0.39, 0.29) is 11.4 Å². The molecule has 0 aliphatic heterocycles. The molecule has 2 rings (SSSR count). The van der Waals surface area contributed by atoms with Crippen molar-refractivity contribution < 1.29 is 14.0 Å². The number of nitrogens with zero attached hydrogens (tertiary/aromatic N) is 1. The molecule has 0 heterocycles. The molecule has 0 unspecified atom stereocenters. The Hall–Kier alpha value is -1.55. The van der Waals surface area contributed by atoms with Crippen LogP contribution in [0.5, 0.6) is 5.75 Å². The lowest BCUT2D eigenvalue weighted by Gasteiger charge is -2.37. The average Bonchev–Trinajstić information content (AvgIpc) is 3.24. The van der Waals surface area contributed by atoms with Crippen molar-refractivity contribution in [2.75, 3.05) is 33.1 Å². The molecule has 116 valence electrons. The van der Waals surface area contributed by atoms with Crippen LogP contribution in [0.2, 0.25) is 0 Å². The minimum Gasteiger partial charge on any atom is -0.497 e. The molecule has 0 aromatic heterocycles. The molecule has 0 atom stereocenters. The van der Waals surface area contributed by atoms with Crippen LogP contribution in [0, 0.1) is 13.8 Å². The van der Waals surface area contributed by atoms with E-state index >= 15 is 0 Å². The van der Waals surface area contributed by atoms with E-state index in [1.165, 1.54) is 0 Å². The van der Waals surface area contributed by atoms with E-state index in [9.17, 15) is 4.79 Å². The molecule has 0 radical (unpaired) electrons.